The molecule has 3 heterocycles. The molecule has 3 aromatic carbocycles. The van der Waals surface area contributed by atoms with E-state index in [0.29, 0.717) is 36.2 Å². The summed E-state index contributed by atoms with van der Waals surface area (Å²) in [5.74, 6) is 2.63. The van der Waals surface area contributed by atoms with Crippen molar-refractivity contribution >= 4 is 25.2 Å². The van der Waals surface area contributed by atoms with Gasteiger partial charge in [0, 0.05) is 5.56 Å². The third-order valence-corrected chi connectivity index (χ3v) is 9.14. The Hall–Kier alpha value is -3.17. The van der Waals surface area contributed by atoms with E-state index in [4.69, 9.17) is 37.6 Å². The van der Waals surface area contributed by atoms with Crippen molar-refractivity contribution in [2.75, 3.05) is 13.2 Å². The standard InChI is InChI=1S/C33H40B2O8/c1-30(2)31(3,4)41-34(40-30)23-10-14-25(15-11-23)38-29(22-9-18-27-28(21-22)37-20-19-36-27)39-26-16-12-24(13-17-26)35-42-32(5,6)33(7,8)43-35/h9-18,21,29H,19-20H2,1-8H3. The number of benzene rings is 3. The quantitative estimate of drug-likeness (QED) is 0.276. The Morgan fingerprint density at radius 2 is 0.930 bits per heavy atom. The van der Waals surface area contributed by atoms with E-state index in [0.717, 1.165) is 16.5 Å². The smallest absolute Gasteiger partial charge is 0.486 e. The highest BCUT2D eigenvalue weighted by Crippen LogP contribution is 2.38. The van der Waals surface area contributed by atoms with Gasteiger partial charge in [0.15, 0.2) is 11.5 Å². The molecule has 0 radical (unpaired) electrons. The maximum absolute atomic E-state index is 6.43. The van der Waals surface area contributed by atoms with E-state index < -0.39 is 42.9 Å². The van der Waals surface area contributed by atoms with E-state index in [1.165, 1.54) is 0 Å². The van der Waals surface area contributed by atoms with Crippen LogP contribution in [-0.4, -0.2) is 49.9 Å². The van der Waals surface area contributed by atoms with Crippen LogP contribution in [0.1, 0.15) is 67.2 Å². The second-order valence-corrected chi connectivity index (χ2v) is 13.3. The second kappa shape index (κ2) is 10.8. The summed E-state index contributed by atoms with van der Waals surface area (Å²) in [5, 5.41) is 0. The van der Waals surface area contributed by atoms with Crippen LogP contribution in [0.3, 0.4) is 0 Å². The Balaban J connectivity index is 1.22. The minimum atomic E-state index is -0.763. The van der Waals surface area contributed by atoms with Gasteiger partial charge in [0.1, 0.15) is 24.7 Å². The average molecular weight is 586 g/mol. The normalized spacial score (nSPS) is 21.2. The Morgan fingerprint density at radius 3 is 1.35 bits per heavy atom. The molecule has 0 bridgehead atoms. The summed E-state index contributed by atoms with van der Waals surface area (Å²) in [6, 6.07) is 21.1. The minimum absolute atomic E-state index is 0.415. The highest BCUT2D eigenvalue weighted by molar-refractivity contribution is 6.62. The SMILES string of the molecule is CC1(C)OB(c2ccc(OC(Oc3ccc(B4OC(C)(C)C(C)(C)O4)cc3)c3ccc4c(c3)OCCO4)cc2)OC1(C)C. The van der Waals surface area contributed by atoms with Crippen LogP contribution in [0.2, 0.25) is 0 Å². The molecule has 8 nitrogen and oxygen atoms in total. The van der Waals surface area contributed by atoms with Crippen molar-refractivity contribution in [2.45, 2.75) is 84.1 Å². The van der Waals surface area contributed by atoms with Crippen molar-refractivity contribution in [3.63, 3.8) is 0 Å². The van der Waals surface area contributed by atoms with Gasteiger partial charge in [0.2, 0.25) is 0 Å². The summed E-state index contributed by atoms with van der Waals surface area (Å²) < 4.78 is 49.3. The first-order valence-corrected chi connectivity index (χ1v) is 14.9. The summed E-state index contributed by atoms with van der Waals surface area (Å²) in [5.41, 5.74) is 0.963. The molecule has 226 valence electrons. The van der Waals surface area contributed by atoms with E-state index in [1.807, 2.05) is 122 Å². The van der Waals surface area contributed by atoms with Crippen molar-refractivity contribution in [3.05, 3.63) is 72.3 Å². The van der Waals surface area contributed by atoms with Crippen molar-refractivity contribution in [3.8, 4) is 23.0 Å². The molecule has 0 atom stereocenters. The Kier molecular flexibility index (Phi) is 7.48. The van der Waals surface area contributed by atoms with Crippen LogP contribution in [0.5, 0.6) is 23.0 Å². The highest BCUT2D eigenvalue weighted by atomic mass is 16.7. The van der Waals surface area contributed by atoms with Crippen LogP contribution in [-0.2, 0) is 18.6 Å². The van der Waals surface area contributed by atoms with Gasteiger partial charge in [-0.25, -0.2) is 0 Å². The van der Waals surface area contributed by atoms with Crippen LogP contribution in [0.25, 0.3) is 0 Å². The van der Waals surface area contributed by atoms with E-state index in [-0.39, 0.29) is 0 Å². The Morgan fingerprint density at radius 1 is 0.535 bits per heavy atom. The topological polar surface area (TPSA) is 73.8 Å². The maximum atomic E-state index is 6.43. The van der Waals surface area contributed by atoms with Gasteiger partial charge in [0.05, 0.1) is 22.4 Å². The first kappa shape index (κ1) is 29.9. The first-order chi connectivity index (χ1) is 20.2. The number of rotatable bonds is 7. The zero-order valence-electron chi connectivity index (χ0n) is 26.3. The molecule has 0 unspecified atom stereocenters. The Labute approximate surface area is 255 Å². The highest BCUT2D eigenvalue weighted by Gasteiger charge is 2.52. The van der Waals surface area contributed by atoms with E-state index >= 15 is 0 Å². The number of ether oxygens (including phenoxy) is 4. The second-order valence-electron chi connectivity index (χ2n) is 13.3. The average Bonchev–Trinajstić information content (AvgIpc) is 3.32. The lowest BCUT2D eigenvalue weighted by Crippen LogP contribution is -2.41. The van der Waals surface area contributed by atoms with Crippen molar-refractivity contribution in [1.82, 2.24) is 0 Å². The summed E-state index contributed by atoms with van der Waals surface area (Å²) >= 11 is 0. The lowest BCUT2D eigenvalue weighted by molar-refractivity contribution is 0.00348. The molecular formula is C33H40B2O8. The van der Waals surface area contributed by atoms with Gasteiger partial charge < -0.3 is 37.6 Å². The predicted octanol–water partition coefficient (Wildman–Crippen LogP) is 5.21. The van der Waals surface area contributed by atoms with Crippen LogP contribution < -0.4 is 29.9 Å². The molecule has 3 aromatic rings. The molecule has 0 saturated carbocycles. The maximum Gasteiger partial charge on any atom is 0.494 e. The van der Waals surface area contributed by atoms with Gasteiger partial charge in [-0.1, -0.05) is 24.3 Å². The molecule has 6 rings (SSSR count). The van der Waals surface area contributed by atoms with Crippen molar-refractivity contribution in [2.24, 2.45) is 0 Å². The van der Waals surface area contributed by atoms with Gasteiger partial charge >= 0.3 is 14.2 Å². The van der Waals surface area contributed by atoms with E-state index in [1.54, 1.807) is 0 Å². The molecule has 43 heavy (non-hydrogen) atoms. The van der Waals surface area contributed by atoms with Crippen LogP contribution >= 0.6 is 0 Å². The number of hydrogen-bond acceptors (Lipinski definition) is 8. The minimum Gasteiger partial charge on any atom is -0.486 e. The lowest BCUT2D eigenvalue weighted by Gasteiger charge is -2.32. The lowest BCUT2D eigenvalue weighted by atomic mass is 9.79. The largest absolute Gasteiger partial charge is 0.494 e. The van der Waals surface area contributed by atoms with Gasteiger partial charge in [-0.2, -0.15) is 0 Å². The number of fused-ring (bicyclic) bond motifs is 1. The first-order valence-electron chi connectivity index (χ1n) is 14.9. The molecule has 0 aliphatic carbocycles. The summed E-state index contributed by atoms with van der Waals surface area (Å²) in [7, 11) is -0.905. The molecule has 0 spiro atoms. The molecular weight excluding hydrogens is 546 g/mol. The summed E-state index contributed by atoms with van der Waals surface area (Å²) in [6.45, 7) is 17.4. The summed E-state index contributed by atoms with van der Waals surface area (Å²) in [6.07, 6.45) is -0.763. The zero-order chi connectivity index (χ0) is 30.6. The van der Waals surface area contributed by atoms with Gasteiger partial charge in [-0.05, 0) is 109 Å². The third-order valence-electron chi connectivity index (χ3n) is 9.14. The fourth-order valence-corrected chi connectivity index (χ4v) is 4.98. The molecule has 2 saturated heterocycles. The molecule has 3 aliphatic heterocycles. The van der Waals surface area contributed by atoms with Crippen molar-refractivity contribution < 1.29 is 37.6 Å². The number of hydrogen-bond donors (Lipinski definition) is 0. The molecule has 0 aromatic heterocycles. The molecule has 2 fully saturated rings. The molecule has 0 amide bonds. The van der Waals surface area contributed by atoms with E-state index in [9.17, 15) is 0 Å². The van der Waals surface area contributed by atoms with Gasteiger partial charge in [0.25, 0.3) is 6.29 Å². The monoisotopic (exact) mass is 586 g/mol. The van der Waals surface area contributed by atoms with Crippen LogP contribution in [0.4, 0.5) is 0 Å². The molecule has 10 heteroatoms. The Bertz CT molecular complexity index is 1340. The van der Waals surface area contributed by atoms with Gasteiger partial charge in [-0.3, -0.25) is 0 Å². The fraction of sp³-hybridized carbons (Fsp3) is 0.455. The van der Waals surface area contributed by atoms with Crippen LogP contribution in [0.15, 0.2) is 66.7 Å². The molecule has 3 aliphatic rings. The zero-order valence-corrected chi connectivity index (χ0v) is 26.3. The van der Waals surface area contributed by atoms with Crippen molar-refractivity contribution in [1.29, 1.82) is 0 Å². The third kappa shape index (κ3) is 5.86. The van der Waals surface area contributed by atoms with E-state index in [2.05, 4.69) is 0 Å². The van der Waals surface area contributed by atoms with Crippen LogP contribution in [0, 0.1) is 0 Å². The summed E-state index contributed by atoms with van der Waals surface area (Å²) in [4.78, 5) is 0. The molecule has 0 N–H and O–H groups in total. The fourth-order valence-electron chi connectivity index (χ4n) is 4.98. The predicted molar refractivity (Wildman–Crippen MR) is 166 cm³/mol. The van der Waals surface area contributed by atoms with Gasteiger partial charge in [-0.15, -0.1) is 0 Å².